The van der Waals surface area contributed by atoms with Gasteiger partial charge in [-0.15, -0.1) is 11.8 Å². The number of aryl methyl sites for hydroxylation is 1. The molecule has 3 nitrogen and oxygen atoms in total. The molecule has 0 unspecified atom stereocenters. The number of hydrogen-bond donors (Lipinski definition) is 1. The number of thioether (sulfide) groups is 1. The summed E-state index contributed by atoms with van der Waals surface area (Å²) in [5, 5.41) is 3.06. The maximum atomic E-state index is 12.7. The van der Waals surface area contributed by atoms with Crippen molar-refractivity contribution in [2.75, 3.05) is 20.4 Å². The lowest BCUT2D eigenvalue weighted by Crippen LogP contribution is -2.37. The molecular weight excluding hydrogens is 304 g/mol. The zero-order chi connectivity index (χ0) is 16.8. The van der Waals surface area contributed by atoms with Gasteiger partial charge in [0.1, 0.15) is 6.04 Å². The Balaban J connectivity index is 2.08. The second-order valence-corrected chi connectivity index (χ2v) is 6.67. The van der Waals surface area contributed by atoms with Crippen LogP contribution >= 0.6 is 11.8 Å². The van der Waals surface area contributed by atoms with Crippen LogP contribution in [0.15, 0.2) is 53.4 Å². The molecule has 4 heteroatoms. The molecule has 0 radical (unpaired) electrons. The lowest BCUT2D eigenvalue weighted by molar-refractivity contribution is -0.126. The van der Waals surface area contributed by atoms with Gasteiger partial charge < -0.3 is 5.32 Å². The Morgan fingerprint density at radius 2 is 1.78 bits per heavy atom. The van der Waals surface area contributed by atoms with Crippen LogP contribution < -0.4 is 5.32 Å². The minimum atomic E-state index is -0.276. The van der Waals surface area contributed by atoms with Gasteiger partial charge in [0.15, 0.2) is 0 Å². The summed E-state index contributed by atoms with van der Waals surface area (Å²) in [7, 11) is 3.87. The Kier molecular flexibility index (Phi) is 6.25. The molecule has 0 aromatic heterocycles. The van der Waals surface area contributed by atoms with Gasteiger partial charge in [0.25, 0.3) is 0 Å². The molecular formula is C19H24N2OS. The molecule has 0 aliphatic rings. The van der Waals surface area contributed by atoms with Crippen LogP contribution in [0.2, 0.25) is 0 Å². The van der Waals surface area contributed by atoms with E-state index in [1.807, 2.05) is 50.2 Å². The first kappa shape index (κ1) is 17.6. The molecule has 2 aromatic carbocycles. The van der Waals surface area contributed by atoms with Gasteiger partial charge in [-0.2, -0.15) is 0 Å². The fourth-order valence-electron chi connectivity index (χ4n) is 2.58. The van der Waals surface area contributed by atoms with Gasteiger partial charge in [-0.25, -0.2) is 0 Å². The molecule has 2 aromatic rings. The summed E-state index contributed by atoms with van der Waals surface area (Å²) in [5.74, 6) is 0.0262. The number of rotatable bonds is 6. The highest BCUT2D eigenvalue weighted by Crippen LogP contribution is 2.22. The molecule has 0 aliphatic heterocycles. The second kappa shape index (κ2) is 8.18. The van der Waals surface area contributed by atoms with E-state index in [2.05, 4.69) is 35.8 Å². The predicted molar refractivity (Wildman–Crippen MR) is 97.7 cm³/mol. The van der Waals surface area contributed by atoms with Crippen LogP contribution in [-0.2, 0) is 11.3 Å². The highest BCUT2D eigenvalue weighted by Gasteiger charge is 2.23. The van der Waals surface area contributed by atoms with Crippen LogP contribution in [0, 0.1) is 6.92 Å². The molecule has 0 spiro atoms. The van der Waals surface area contributed by atoms with Crippen molar-refractivity contribution in [2.45, 2.75) is 24.4 Å². The van der Waals surface area contributed by atoms with Crippen molar-refractivity contribution >= 4 is 17.7 Å². The average molecular weight is 328 g/mol. The van der Waals surface area contributed by atoms with Crippen LogP contribution in [0.25, 0.3) is 0 Å². The molecule has 1 atom stereocenters. The first-order valence-electron chi connectivity index (χ1n) is 7.65. The monoisotopic (exact) mass is 328 g/mol. The number of benzene rings is 2. The topological polar surface area (TPSA) is 32.3 Å². The van der Waals surface area contributed by atoms with Crippen molar-refractivity contribution in [3.8, 4) is 0 Å². The van der Waals surface area contributed by atoms with Crippen molar-refractivity contribution in [3.63, 3.8) is 0 Å². The van der Waals surface area contributed by atoms with E-state index in [4.69, 9.17) is 0 Å². The normalized spacial score (nSPS) is 12.2. The average Bonchev–Trinajstić information content (AvgIpc) is 2.55. The van der Waals surface area contributed by atoms with E-state index in [1.165, 1.54) is 4.90 Å². The molecule has 0 bridgehead atoms. The van der Waals surface area contributed by atoms with Crippen LogP contribution in [0.5, 0.6) is 0 Å². The summed E-state index contributed by atoms with van der Waals surface area (Å²) >= 11 is 1.72. The number of likely N-dealkylation sites (N-methyl/N-ethyl adjacent to an activating group) is 1. The summed E-state index contributed by atoms with van der Waals surface area (Å²) in [4.78, 5) is 15.9. The van der Waals surface area contributed by atoms with Crippen molar-refractivity contribution in [1.82, 2.24) is 10.2 Å². The van der Waals surface area contributed by atoms with Crippen LogP contribution in [-0.4, -0.2) is 31.2 Å². The maximum Gasteiger partial charge on any atom is 0.242 e. The molecule has 122 valence electrons. The lowest BCUT2D eigenvalue weighted by Gasteiger charge is -2.25. The molecule has 0 aliphatic carbocycles. The van der Waals surface area contributed by atoms with Gasteiger partial charge >= 0.3 is 0 Å². The quantitative estimate of drug-likeness (QED) is 0.822. The van der Waals surface area contributed by atoms with Crippen LogP contribution in [0.4, 0.5) is 0 Å². The first-order valence-corrected chi connectivity index (χ1v) is 8.88. The predicted octanol–water partition coefficient (Wildman–Crippen LogP) is 3.64. The molecule has 23 heavy (non-hydrogen) atoms. The zero-order valence-corrected chi connectivity index (χ0v) is 15.0. The molecule has 0 saturated carbocycles. The number of nitrogens with zero attached hydrogens (tertiary/aromatic N) is 1. The first-order chi connectivity index (χ1) is 11.0. The van der Waals surface area contributed by atoms with Crippen molar-refractivity contribution in [1.29, 1.82) is 0 Å². The van der Waals surface area contributed by atoms with Gasteiger partial charge in [-0.1, -0.05) is 36.4 Å². The highest BCUT2D eigenvalue weighted by molar-refractivity contribution is 7.98. The summed E-state index contributed by atoms with van der Waals surface area (Å²) < 4.78 is 0. The van der Waals surface area contributed by atoms with Gasteiger partial charge in [-0.3, -0.25) is 9.69 Å². The third-order valence-corrected chi connectivity index (χ3v) is 4.62. The Labute approximate surface area is 143 Å². The van der Waals surface area contributed by atoms with E-state index < -0.39 is 0 Å². The summed E-state index contributed by atoms with van der Waals surface area (Å²) in [6, 6.07) is 16.0. The van der Waals surface area contributed by atoms with Gasteiger partial charge in [0.2, 0.25) is 5.91 Å². The maximum absolute atomic E-state index is 12.7. The molecule has 0 fully saturated rings. The standard InChI is InChI=1S/C19H24N2OS/c1-14-7-5-6-8-17(14)18(21(2)3)19(22)20-13-15-9-11-16(23-4)12-10-15/h5-12,18H,13H2,1-4H3,(H,20,22)/t18-/m0/s1. The third kappa shape index (κ3) is 4.60. The van der Waals surface area contributed by atoms with Crippen molar-refractivity contribution in [3.05, 3.63) is 65.2 Å². The van der Waals surface area contributed by atoms with Crippen molar-refractivity contribution in [2.24, 2.45) is 0 Å². The van der Waals surface area contributed by atoms with Gasteiger partial charge in [0.05, 0.1) is 0 Å². The Bertz CT molecular complexity index is 653. The van der Waals surface area contributed by atoms with E-state index in [9.17, 15) is 4.79 Å². The highest BCUT2D eigenvalue weighted by atomic mass is 32.2. The largest absolute Gasteiger partial charge is 0.350 e. The van der Waals surface area contributed by atoms with Crippen molar-refractivity contribution < 1.29 is 4.79 Å². The fraction of sp³-hybridized carbons (Fsp3) is 0.316. The lowest BCUT2D eigenvalue weighted by atomic mass is 10.00. The third-order valence-electron chi connectivity index (χ3n) is 3.87. The summed E-state index contributed by atoms with van der Waals surface area (Å²) in [5.41, 5.74) is 3.29. The Morgan fingerprint density at radius 1 is 1.13 bits per heavy atom. The zero-order valence-electron chi connectivity index (χ0n) is 14.2. The minimum absolute atomic E-state index is 0.0262. The van der Waals surface area contributed by atoms with E-state index in [0.717, 1.165) is 16.7 Å². The number of amides is 1. The van der Waals surface area contributed by atoms with E-state index in [1.54, 1.807) is 11.8 Å². The molecule has 0 saturated heterocycles. The number of nitrogens with one attached hydrogen (secondary N) is 1. The SMILES string of the molecule is CSc1ccc(CNC(=O)[C@H](c2ccccc2C)N(C)C)cc1. The van der Waals surface area contributed by atoms with Crippen LogP contribution in [0.1, 0.15) is 22.7 Å². The second-order valence-electron chi connectivity index (χ2n) is 5.79. The smallest absolute Gasteiger partial charge is 0.242 e. The summed E-state index contributed by atoms with van der Waals surface area (Å²) in [6.07, 6.45) is 2.06. The Morgan fingerprint density at radius 3 is 2.35 bits per heavy atom. The molecule has 2 rings (SSSR count). The fourth-order valence-corrected chi connectivity index (χ4v) is 2.98. The van der Waals surface area contributed by atoms with Gasteiger partial charge in [0, 0.05) is 11.4 Å². The Hall–Kier alpha value is -1.78. The minimum Gasteiger partial charge on any atom is -0.350 e. The number of hydrogen-bond acceptors (Lipinski definition) is 3. The van der Waals surface area contributed by atoms with E-state index >= 15 is 0 Å². The number of carbonyl (C=O) groups is 1. The molecule has 1 amide bonds. The molecule has 0 heterocycles. The van der Waals surface area contributed by atoms with E-state index in [-0.39, 0.29) is 11.9 Å². The number of carbonyl (C=O) groups excluding carboxylic acids is 1. The van der Waals surface area contributed by atoms with E-state index in [0.29, 0.717) is 6.54 Å². The van der Waals surface area contributed by atoms with Crippen LogP contribution in [0.3, 0.4) is 0 Å². The summed E-state index contributed by atoms with van der Waals surface area (Å²) in [6.45, 7) is 2.59. The molecule has 1 N–H and O–H groups in total. The van der Waals surface area contributed by atoms with Gasteiger partial charge in [-0.05, 0) is 56.1 Å².